The highest BCUT2D eigenvalue weighted by Gasteiger charge is 2.26. The van der Waals surface area contributed by atoms with E-state index in [9.17, 15) is 18.0 Å². The summed E-state index contributed by atoms with van der Waals surface area (Å²) >= 11 is 1.55. The highest BCUT2D eigenvalue weighted by atomic mass is 32.2. The van der Waals surface area contributed by atoms with Crippen LogP contribution in [-0.4, -0.2) is 41.9 Å². The molecule has 9 heteroatoms. The van der Waals surface area contributed by atoms with E-state index in [-0.39, 0.29) is 30.3 Å². The summed E-state index contributed by atoms with van der Waals surface area (Å²) in [7, 11) is -3.42. The van der Waals surface area contributed by atoms with Crippen LogP contribution in [0, 0.1) is 5.92 Å². The lowest BCUT2D eigenvalue weighted by atomic mass is 9.95. The van der Waals surface area contributed by atoms with E-state index >= 15 is 0 Å². The number of aromatic nitrogens is 2. The number of ketones is 1. The predicted octanol–water partition coefficient (Wildman–Crippen LogP) is 5.02. The number of carbonyl (C=O) groups is 2. The molecule has 1 aromatic carbocycles. The Morgan fingerprint density at radius 3 is 2.62 bits per heavy atom. The summed E-state index contributed by atoms with van der Waals surface area (Å²) in [6.45, 7) is 9.44. The Morgan fingerprint density at radius 1 is 1.19 bits per heavy atom. The topological polar surface area (TPSA) is 106 Å². The van der Waals surface area contributed by atoms with E-state index in [0.717, 1.165) is 26.2 Å². The average molecular weight is 542 g/mol. The third-order valence-corrected chi connectivity index (χ3v) is 8.69. The minimum absolute atomic E-state index is 0.00130. The molecule has 2 aromatic heterocycles. The van der Waals surface area contributed by atoms with Gasteiger partial charge in [0.2, 0.25) is 5.91 Å². The van der Waals surface area contributed by atoms with Gasteiger partial charge in [-0.05, 0) is 48.1 Å². The fraction of sp³-hybridized carbons (Fsp3) is 0.429. The molecule has 1 amide bonds. The van der Waals surface area contributed by atoms with Gasteiger partial charge in [0.25, 0.3) is 0 Å². The van der Waals surface area contributed by atoms with E-state index in [2.05, 4.69) is 42.9 Å². The van der Waals surface area contributed by atoms with E-state index in [1.807, 2.05) is 12.1 Å². The zero-order chi connectivity index (χ0) is 27.0. The highest BCUT2D eigenvalue weighted by Crippen LogP contribution is 2.28. The van der Waals surface area contributed by atoms with Gasteiger partial charge in [-0.25, -0.2) is 13.4 Å². The molecule has 0 fully saturated rings. The van der Waals surface area contributed by atoms with Crippen molar-refractivity contribution in [1.29, 1.82) is 0 Å². The molecule has 0 saturated heterocycles. The summed E-state index contributed by atoms with van der Waals surface area (Å²) in [6.07, 6.45) is 4.82. The molecule has 37 heavy (non-hydrogen) atoms. The highest BCUT2D eigenvalue weighted by molar-refractivity contribution is 7.94. The van der Waals surface area contributed by atoms with Gasteiger partial charge < -0.3 is 5.32 Å². The monoisotopic (exact) mass is 541 g/mol. The van der Waals surface area contributed by atoms with Gasteiger partial charge in [0.15, 0.2) is 9.84 Å². The Morgan fingerprint density at radius 2 is 1.97 bits per heavy atom. The van der Waals surface area contributed by atoms with Crippen molar-refractivity contribution >= 4 is 43.1 Å². The van der Waals surface area contributed by atoms with Crippen LogP contribution < -0.4 is 5.32 Å². The van der Waals surface area contributed by atoms with Gasteiger partial charge in [-0.15, -0.1) is 11.3 Å². The van der Waals surface area contributed by atoms with Gasteiger partial charge in [0, 0.05) is 43.1 Å². The molecular formula is C28H35N3O4S2. The van der Waals surface area contributed by atoms with Crippen LogP contribution in [0.3, 0.4) is 0 Å². The quantitative estimate of drug-likeness (QED) is 0.307. The van der Waals surface area contributed by atoms with Crippen molar-refractivity contribution in [2.45, 2.75) is 64.8 Å². The standard InChI is InChI=1S/C28H35N3O4S2/c1-5-24(32)15-22(17-27-31-25-10-9-21(19(3)4)16-26(25)36-27)28(33)30-23(11-13-37(34,35)6-2)14-20-8-7-12-29-18-20/h6-10,12,16,18-19,22-23H,2,5,11,13-15,17H2,1,3-4H3,(H,30,33)/t22-,23+/m0/s1. The Kier molecular flexibility index (Phi) is 10.1. The van der Waals surface area contributed by atoms with E-state index in [1.54, 1.807) is 36.7 Å². The SMILES string of the molecule is C=CS(=O)(=O)CC[C@H](Cc1cccnc1)NC(=O)[C@@H](CC(=O)CC)Cc1nc2ccc(C(C)C)cc2s1. The third kappa shape index (κ3) is 8.57. The molecule has 7 nitrogen and oxygen atoms in total. The van der Waals surface area contributed by atoms with E-state index < -0.39 is 21.8 Å². The molecule has 0 unspecified atom stereocenters. The van der Waals surface area contributed by atoms with Gasteiger partial charge >= 0.3 is 0 Å². The van der Waals surface area contributed by atoms with E-state index in [1.165, 1.54) is 5.56 Å². The Hall–Kier alpha value is -2.91. The van der Waals surface area contributed by atoms with Gasteiger partial charge in [-0.3, -0.25) is 14.6 Å². The molecule has 2 heterocycles. The van der Waals surface area contributed by atoms with Crippen LogP contribution in [-0.2, 0) is 32.3 Å². The van der Waals surface area contributed by atoms with E-state index in [4.69, 9.17) is 4.98 Å². The van der Waals surface area contributed by atoms with Gasteiger partial charge in [0.05, 0.1) is 26.9 Å². The molecule has 0 saturated carbocycles. The number of fused-ring (bicyclic) bond motifs is 1. The molecule has 0 aliphatic rings. The normalized spacial score (nSPS) is 13.4. The smallest absolute Gasteiger partial charge is 0.224 e. The summed E-state index contributed by atoms with van der Waals surface area (Å²) < 4.78 is 25.2. The maximum atomic E-state index is 13.5. The van der Waals surface area contributed by atoms with Crippen LogP contribution in [0.2, 0.25) is 0 Å². The summed E-state index contributed by atoms with van der Waals surface area (Å²) in [4.78, 5) is 34.7. The summed E-state index contributed by atoms with van der Waals surface area (Å²) in [6, 6.07) is 9.46. The number of hydrogen-bond acceptors (Lipinski definition) is 7. The van der Waals surface area contributed by atoms with Gasteiger partial charge in [0.1, 0.15) is 5.78 Å². The maximum absolute atomic E-state index is 13.5. The number of nitrogens with zero attached hydrogens (tertiary/aromatic N) is 2. The molecule has 3 rings (SSSR count). The Labute approximate surface area is 223 Å². The molecule has 0 aliphatic heterocycles. The van der Waals surface area contributed by atoms with Crippen molar-refractivity contribution in [1.82, 2.24) is 15.3 Å². The van der Waals surface area contributed by atoms with Gasteiger partial charge in [-0.1, -0.05) is 39.5 Å². The second kappa shape index (κ2) is 13.1. The Bertz CT molecular complexity index is 1330. The first-order chi connectivity index (χ1) is 17.6. The lowest BCUT2D eigenvalue weighted by Gasteiger charge is -2.22. The number of carbonyl (C=O) groups excluding carboxylic acids is 2. The van der Waals surface area contributed by atoms with Crippen LogP contribution in [0.25, 0.3) is 10.2 Å². The van der Waals surface area contributed by atoms with Crippen molar-refractivity contribution in [3.8, 4) is 0 Å². The van der Waals surface area contributed by atoms with Crippen LogP contribution >= 0.6 is 11.3 Å². The number of Topliss-reactive ketones (excluding diaryl/α,β-unsaturated/α-hetero) is 1. The van der Waals surface area contributed by atoms with Crippen molar-refractivity contribution < 1.29 is 18.0 Å². The van der Waals surface area contributed by atoms with Crippen molar-refractivity contribution in [2.24, 2.45) is 5.92 Å². The van der Waals surface area contributed by atoms with Crippen molar-refractivity contribution in [3.05, 3.63) is 70.8 Å². The number of sulfone groups is 1. The molecule has 0 radical (unpaired) electrons. The number of nitrogens with one attached hydrogen (secondary N) is 1. The minimum Gasteiger partial charge on any atom is -0.353 e. The first-order valence-corrected chi connectivity index (χ1v) is 15.1. The average Bonchev–Trinajstić information content (AvgIpc) is 3.29. The summed E-state index contributed by atoms with van der Waals surface area (Å²) in [5.74, 6) is -0.589. The molecule has 1 N–H and O–H groups in total. The fourth-order valence-electron chi connectivity index (χ4n) is 4.06. The van der Waals surface area contributed by atoms with Crippen LogP contribution in [0.1, 0.15) is 62.1 Å². The second-order valence-electron chi connectivity index (χ2n) is 9.58. The fourth-order valence-corrected chi connectivity index (χ4v) is 5.94. The largest absolute Gasteiger partial charge is 0.353 e. The number of thiazole rings is 1. The number of hydrogen-bond donors (Lipinski definition) is 1. The first kappa shape index (κ1) is 28.7. The van der Waals surface area contributed by atoms with Gasteiger partial charge in [-0.2, -0.15) is 0 Å². The minimum atomic E-state index is -3.42. The number of amides is 1. The molecule has 198 valence electrons. The van der Waals surface area contributed by atoms with Crippen LogP contribution in [0.5, 0.6) is 0 Å². The zero-order valence-corrected chi connectivity index (χ0v) is 23.3. The molecular weight excluding hydrogens is 506 g/mol. The van der Waals surface area contributed by atoms with Crippen molar-refractivity contribution in [2.75, 3.05) is 5.75 Å². The zero-order valence-electron chi connectivity index (χ0n) is 21.6. The molecule has 0 spiro atoms. The summed E-state index contributed by atoms with van der Waals surface area (Å²) in [5.41, 5.74) is 3.00. The Balaban J connectivity index is 1.81. The lowest BCUT2D eigenvalue weighted by Crippen LogP contribution is -2.42. The maximum Gasteiger partial charge on any atom is 0.224 e. The first-order valence-electron chi connectivity index (χ1n) is 12.6. The number of pyridine rings is 1. The van der Waals surface area contributed by atoms with Crippen LogP contribution in [0.15, 0.2) is 54.7 Å². The molecule has 3 aromatic rings. The molecule has 2 atom stereocenters. The lowest BCUT2D eigenvalue weighted by molar-refractivity contribution is -0.129. The predicted molar refractivity (Wildman–Crippen MR) is 149 cm³/mol. The van der Waals surface area contributed by atoms with E-state index in [0.29, 0.717) is 25.2 Å². The second-order valence-corrected chi connectivity index (χ2v) is 12.8. The van der Waals surface area contributed by atoms with Crippen molar-refractivity contribution in [3.63, 3.8) is 0 Å². The number of benzene rings is 1. The molecule has 0 aliphatic carbocycles. The van der Waals surface area contributed by atoms with Crippen LogP contribution in [0.4, 0.5) is 0 Å². The summed E-state index contributed by atoms with van der Waals surface area (Å²) in [5, 5.41) is 4.77. The molecule has 0 bridgehead atoms. The number of rotatable bonds is 14. The third-order valence-electron chi connectivity index (χ3n) is 6.34.